The summed E-state index contributed by atoms with van der Waals surface area (Å²) >= 11 is 0. The summed E-state index contributed by atoms with van der Waals surface area (Å²) in [5.74, 6) is -1.02. The number of anilines is 3. The quantitative estimate of drug-likeness (QED) is 0.0775. The van der Waals surface area contributed by atoms with Gasteiger partial charge < -0.3 is 10.2 Å². The van der Waals surface area contributed by atoms with Crippen LogP contribution in [0, 0.1) is 51.7 Å². The van der Waals surface area contributed by atoms with Crippen LogP contribution < -0.4 is 16.0 Å². The zero-order valence-electron chi connectivity index (χ0n) is 45.8. The molecule has 406 valence electrons. The molecule has 2 aliphatic rings. The van der Waals surface area contributed by atoms with E-state index in [0.717, 1.165) is 88.7 Å². The van der Waals surface area contributed by atoms with Crippen LogP contribution in [0.2, 0.25) is 0 Å². The van der Waals surface area contributed by atoms with Gasteiger partial charge in [-0.05, 0) is 152 Å². The number of hydrogen-bond acceptors (Lipinski definition) is 11. The second-order valence-electron chi connectivity index (χ2n) is 22.6. The third kappa shape index (κ3) is 13.4. The molecule has 2 aliphatic carbocycles. The molecule has 0 saturated heterocycles. The van der Waals surface area contributed by atoms with E-state index in [1.165, 1.54) is 31.3 Å². The zero-order valence-corrected chi connectivity index (χ0v) is 45.8. The van der Waals surface area contributed by atoms with Gasteiger partial charge in [0.2, 0.25) is 35.6 Å². The molecule has 0 unspecified atom stereocenters. The van der Waals surface area contributed by atoms with Crippen molar-refractivity contribution in [2.75, 3.05) is 16.0 Å². The van der Waals surface area contributed by atoms with Crippen LogP contribution >= 0.6 is 0 Å². The Morgan fingerprint density at radius 3 is 1.49 bits per heavy atom. The summed E-state index contributed by atoms with van der Waals surface area (Å²) < 4.78 is 33.0. The monoisotopic (exact) mass is 1050 g/mol. The summed E-state index contributed by atoms with van der Waals surface area (Å²) in [6.45, 7) is 20.7. The van der Waals surface area contributed by atoms with E-state index in [2.05, 4.69) is 71.9 Å². The molecule has 0 spiro atoms. The van der Waals surface area contributed by atoms with E-state index in [4.69, 9.17) is 9.97 Å². The van der Waals surface area contributed by atoms with Gasteiger partial charge in [-0.15, -0.1) is 0 Å². The minimum absolute atomic E-state index is 0.0156. The number of benzene rings is 2. The number of rotatable bonds is 12. The van der Waals surface area contributed by atoms with E-state index in [1.807, 2.05) is 64.1 Å². The third-order valence-electron chi connectivity index (χ3n) is 13.8. The SMILES string of the molecule is Cc1cc2nc(NC(=O)CC(C)(C)C)n(C3CCC3)c2nc1C.Cc1cc2nc(NC(=O)C[C@](C)(O)c3ccccc3)n(C3CCC3)c2nc1C.Cc1ccc2nc(NC(=O)CC(C)(C)O)n(-c3cc(F)cc(F)c3)c2n1. The molecular formula is C58H70F2N12O5. The molecule has 19 heteroatoms. The lowest BCUT2D eigenvalue weighted by atomic mass is 9.92. The molecule has 8 aromatic rings. The summed E-state index contributed by atoms with van der Waals surface area (Å²) in [6.07, 6.45) is 7.04. The number of fused-ring (bicyclic) bond motifs is 3. The molecule has 3 amide bonds. The van der Waals surface area contributed by atoms with Crippen molar-refractivity contribution in [1.82, 2.24) is 43.6 Å². The van der Waals surface area contributed by atoms with Crippen molar-refractivity contribution >= 4 is 69.1 Å². The van der Waals surface area contributed by atoms with E-state index in [9.17, 15) is 33.4 Å². The summed E-state index contributed by atoms with van der Waals surface area (Å²) in [4.78, 5) is 64.7. The van der Waals surface area contributed by atoms with E-state index in [-0.39, 0.29) is 41.7 Å². The Labute approximate surface area is 447 Å². The Balaban J connectivity index is 0.000000153. The number of hydrogen-bond donors (Lipinski definition) is 5. The van der Waals surface area contributed by atoms with Crippen molar-refractivity contribution in [1.29, 1.82) is 0 Å². The topological polar surface area (TPSA) is 220 Å². The molecule has 17 nitrogen and oxygen atoms in total. The van der Waals surface area contributed by atoms with Crippen LogP contribution in [-0.2, 0) is 20.0 Å². The Hall–Kier alpha value is -7.51. The lowest BCUT2D eigenvalue weighted by Crippen LogP contribution is -2.30. The van der Waals surface area contributed by atoms with Crippen molar-refractivity contribution in [3.05, 3.63) is 118 Å². The number of amides is 3. The fraction of sp³-hybridized carbons (Fsp3) is 0.431. The average Bonchev–Trinajstić information content (AvgIpc) is 4.02. The van der Waals surface area contributed by atoms with Crippen LogP contribution in [0.15, 0.2) is 72.8 Å². The van der Waals surface area contributed by atoms with Crippen molar-refractivity contribution in [3.63, 3.8) is 0 Å². The second kappa shape index (κ2) is 22.2. The first-order chi connectivity index (χ1) is 36.2. The van der Waals surface area contributed by atoms with Gasteiger partial charge >= 0.3 is 0 Å². The Morgan fingerprint density at radius 2 is 1.03 bits per heavy atom. The molecule has 2 aromatic carbocycles. The molecular weight excluding hydrogens is 983 g/mol. The lowest BCUT2D eigenvalue weighted by molar-refractivity contribution is -0.121. The summed E-state index contributed by atoms with van der Waals surface area (Å²) in [6, 6.07) is 20.5. The van der Waals surface area contributed by atoms with Crippen molar-refractivity contribution in [2.24, 2.45) is 5.41 Å². The molecule has 6 aromatic heterocycles. The molecule has 5 N–H and O–H groups in total. The molecule has 2 saturated carbocycles. The van der Waals surface area contributed by atoms with Gasteiger partial charge in [-0.2, -0.15) is 0 Å². The van der Waals surface area contributed by atoms with Gasteiger partial charge in [-0.1, -0.05) is 51.1 Å². The molecule has 0 aliphatic heterocycles. The van der Waals surface area contributed by atoms with Gasteiger partial charge in [-0.25, -0.2) is 38.7 Å². The van der Waals surface area contributed by atoms with Gasteiger partial charge in [0, 0.05) is 41.7 Å². The van der Waals surface area contributed by atoms with Gasteiger partial charge in [0.25, 0.3) is 0 Å². The zero-order chi connectivity index (χ0) is 55.7. The molecule has 77 heavy (non-hydrogen) atoms. The van der Waals surface area contributed by atoms with Gasteiger partial charge in [0.15, 0.2) is 16.9 Å². The van der Waals surface area contributed by atoms with Crippen LogP contribution in [0.4, 0.5) is 26.6 Å². The Kier molecular flexibility index (Phi) is 16.1. The maximum Gasteiger partial charge on any atom is 0.229 e. The van der Waals surface area contributed by atoms with Gasteiger partial charge in [0.1, 0.15) is 28.2 Å². The maximum atomic E-state index is 13.7. The van der Waals surface area contributed by atoms with E-state index >= 15 is 0 Å². The minimum Gasteiger partial charge on any atom is -0.390 e. The number of aryl methyl sites for hydroxylation is 5. The highest BCUT2D eigenvalue weighted by atomic mass is 19.1. The fourth-order valence-electron chi connectivity index (χ4n) is 9.21. The van der Waals surface area contributed by atoms with Crippen molar-refractivity contribution in [2.45, 2.75) is 157 Å². The molecule has 6 heterocycles. The number of pyridine rings is 3. The maximum absolute atomic E-state index is 13.7. The Bertz CT molecular complexity index is 3470. The number of imidazole rings is 3. The summed E-state index contributed by atoms with van der Waals surface area (Å²) in [7, 11) is 0. The predicted molar refractivity (Wildman–Crippen MR) is 295 cm³/mol. The number of carbonyl (C=O) groups excluding carboxylic acids is 3. The third-order valence-corrected chi connectivity index (χ3v) is 13.8. The van der Waals surface area contributed by atoms with Crippen LogP contribution in [0.5, 0.6) is 0 Å². The first-order valence-electron chi connectivity index (χ1n) is 26.2. The van der Waals surface area contributed by atoms with E-state index < -0.39 is 28.7 Å². The number of aromatic nitrogens is 9. The van der Waals surface area contributed by atoms with Crippen LogP contribution in [-0.4, -0.2) is 77.1 Å². The molecule has 2 fully saturated rings. The number of carbonyl (C=O) groups is 3. The van der Waals surface area contributed by atoms with Gasteiger partial charge in [0.05, 0.1) is 29.7 Å². The van der Waals surface area contributed by atoms with E-state index in [0.29, 0.717) is 52.8 Å². The smallest absolute Gasteiger partial charge is 0.229 e. The lowest BCUT2D eigenvalue weighted by Gasteiger charge is -2.29. The van der Waals surface area contributed by atoms with E-state index in [1.54, 1.807) is 26.0 Å². The fourth-order valence-corrected chi connectivity index (χ4v) is 9.21. The van der Waals surface area contributed by atoms with Gasteiger partial charge in [-0.3, -0.25) is 44.0 Å². The molecule has 0 bridgehead atoms. The highest BCUT2D eigenvalue weighted by Crippen LogP contribution is 2.39. The first-order valence-corrected chi connectivity index (χ1v) is 26.2. The van der Waals surface area contributed by atoms with Crippen LogP contribution in [0.1, 0.15) is 145 Å². The standard InChI is InChI=1S/C22H26N4O2.C18H18F2N4O2.C18H26N4O/c1-14-12-18-20(23-15(14)2)26(17-10-7-11-17)21(24-18)25-19(27)13-22(3,28)16-8-5-4-6-9-16;1-10-4-5-14-16(21-10)24(13-7-11(19)6-12(20)8-13)17(22-14)23-15(25)9-18(2,3)26;1-11-9-14-16(19-12(11)2)22(13-7-6-8-13)17(20-14)21-15(23)10-18(3,4)5/h4-6,8-9,12,17,28H,7,10-11,13H2,1-3H3,(H,24,25,27);4-8,26H,9H2,1-3H3,(H,22,23,25);9,13H,6-8,10H2,1-5H3,(H,20,21,23)/t22-;;/m0../s1. The Morgan fingerprint density at radius 1 is 0.558 bits per heavy atom. The highest BCUT2D eigenvalue weighted by Gasteiger charge is 2.31. The molecule has 0 radical (unpaired) electrons. The summed E-state index contributed by atoms with van der Waals surface area (Å²) in [5.41, 5.74) is 7.42. The largest absolute Gasteiger partial charge is 0.390 e. The van der Waals surface area contributed by atoms with Crippen LogP contribution in [0.25, 0.3) is 39.2 Å². The number of nitrogens with one attached hydrogen (secondary N) is 3. The minimum atomic E-state index is -1.25. The predicted octanol–water partition coefficient (Wildman–Crippen LogP) is 11.3. The number of halogens is 2. The molecule has 1 atom stereocenters. The highest BCUT2D eigenvalue weighted by molar-refractivity contribution is 5.94. The molecule has 10 rings (SSSR count). The van der Waals surface area contributed by atoms with Crippen LogP contribution in [0.3, 0.4) is 0 Å². The van der Waals surface area contributed by atoms with Crippen molar-refractivity contribution < 1.29 is 33.4 Å². The van der Waals surface area contributed by atoms with Crippen molar-refractivity contribution in [3.8, 4) is 5.69 Å². The number of aliphatic hydroxyl groups is 2. The normalized spacial score (nSPS) is 14.7. The summed E-state index contributed by atoms with van der Waals surface area (Å²) in [5, 5.41) is 29.1. The average molecular weight is 1050 g/mol. The first kappa shape index (κ1) is 55.7. The number of nitrogens with zero attached hydrogens (tertiary/aromatic N) is 9. The second-order valence-corrected chi connectivity index (χ2v) is 22.6.